The highest BCUT2D eigenvalue weighted by Gasteiger charge is 2.09. The van der Waals surface area contributed by atoms with Crippen LogP contribution in [0.2, 0.25) is 0 Å². The Kier molecular flexibility index (Phi) is 8.64. The number of unbranched alkanes of at least 4 members (excludes halogenated alkanes) is 5. The Morgan fingerprint density at radius 1 is 1.21 bits per heavy atom. The molecule has 3 nitrogen and oxygen atoms in total. The van der Waals surface area contributed by atoms with E-state index in [2.05, 4.69) is 12.3 Å². The first-order valence-electron chi connectivity index (χ1n) is 5.72. The lowest BCUT2D eigenvalue weighted by Gasteiger charge is -2.08. The molecule has 0 rings (SSSR count). The molecule has 0 aliphatic carbocycles. The summed E-state index contributed by atoms with van der Waals surface area (Å²) in [5, 5.41) is 0. The minimum Gasteiger partial charge on any atom is -0.294 e. The number of rotatable bonds is 8. The highest BCUT2D eigenvalue weighted by molar-refractivity contribution is 5.77. The summed E-state index contributed by atoms with van der Waals surface area (Å²) >= 11 is 0. The molecule has 0 spiro atoms. The predicted molar refractivity (Wildman–Crippen MR) is 59.5 cm³/mol. The van der Waals surface area contributed by atoms with Gasteiger partial charge in [0.05, 0.1) is 0 Å². The second kappa shape index (κ2) is 9.00. The minimum atomic E-state index is -0.0430. The van der Waals surface area contributed by atoms with Crippen molar-refractivity contribution in [1.29, 1.82) is 0 Å². The molecule has 0 aromatic heterocycles. The lowest BCUT2D eigenvalue weighted by Crippen LogP contribution is -2.34. The number of amides is 1. The van der Waals surface area contributed by atoms with Crippen molar-refractivity contribution in [1.82, 2.24) is 5.43 Å². The highest BCUT2D eigenvalue weighted by atomic mass is 16.2. The fraction of sp³-hybridized carbons (Fsp3) is 0.909. The van der Waals surface area contributed by atoms with Crippen LogP contribution < -0.4 is 11.3 Å². The zero-order valence-corrected chi connectivity index (χ0v) is 9.51. The molecule has 1 unspecified atom stereocenters. The van der Waals surface area contributed by atoms with Gasteiger partial charge in [-0.3, -0.25) is 10.2 Å². The van der Waals surface area contributed by atoms with Crippen LogP contribution in [0.4, 0.5) is 0 Å². The number of carbonyl (C=O) groups excluding carboxylic acids is 1. The van der Waals surface area contributed by atoms with Gasteiger partial charge < -0.3 is 0 Å². The maximum atomic E-state index is 11.0. The maximum absolute atomic E-state index is 11.0. The van der Waals surface area contributed by atoms with Crippen LogP contribution in [0.5, 0.6) is 0 Å². The second-order valence-corrected chi connectivity index (χ2v) is 3.97. The first kappa shape index (κ1) is 13.4. The average Bonchev–Trinajstić information content (AvgIpc) is 2.21. The monoisotopic (exact) mass is 200 g/mol. The summed E-state index contributed by atoms with van der Waals surface area (Å²) < 4.78 is 0. The first-order valence-corrected chi connectivity index (χ1v) is 5.72. The van der Waals surface area contributed by atoms with Gasteiger partial charge in [0.2, 0.25) is 5.91 Å². The summed E-state index contributed by atoms with van der Waals surface area (Å²) in [7, 11) is 0. The molecule has 0 aromatic rings. The molecule has 0 aromatic carbocycles. The van der Waals surface area contributed by atoms with E-state index in [0.29, 0.717) is 0 Å². The van der Waals surface area contributed by atoms with Gasteiger partial charge in [0.15, 0.2) is 0 Å². The smallest absolute Gasteiger partial charge is 0.236 e. The quantitative estimate of drug-likeness (QED) is 0.273. The van der Waals surface area contributed by atoms with Gasteiger partial charge in [-0.05, 0) is 6.42 Å². The summed E-state index contributed by atoms with van der Waals surface area (Å²) in [6, 6.07) is 0. The van der Waals surface area contributed by atoms with Crippen molar-refractivity contribution in [3.8, 4) is 0 Å². The molecule has 3 N–H and O–H groups in total. The van der Waals surface area contributed by atoms with Gasteiger partial charge in [0, 0.05) is 5.92 Å². The first-order chi connectivity index (χ1) is 6.72. The summed E-state index contributed by atoms with van der Waals surface area (Å²) in [4.78, 5) is 11.0. The third kappa shape index (κ3) is 6.89. The van der Waals surface area contributed by atoms with Crippen molar-refractivity contribution in [2.75, 3.05) is 0 Å². The fourth-order valence-electron chi connectivity index (χ4n) is 1.50. The predicted octanol–water partition coefficient (Wildman–Crippen LogP) is 2.36. The van der Waals surface area contributed by atoms with E-state index in [4.69, 9.17) is 5.84 Å². The molecule has 0 aliphatic rings. The summed E-state index contributed by atoms with van der Waals surface area (Å²) in [6.07, 6.45) is 8.57. The van der Waals surface area contributed by atoms with E-state index in [1.54, 1.807) is 0 Å². The molecule has 0 saturated carbocycles. The number of hydrazine groups is 1. The summed E-state index contributed by atoms with van der Waals surface area (Å²) in [5.74, 6) is 5.06. The zero-order valence-electron chi connectivity index (χ0n) is 9.51. The Labute approximate surface area is 87.4 Å². The van der Waals surface area contributed by atoms with Crippen LogP contribution in [-0.4, -0.2) is 5.91 Å². The topological polar surface area (TPSA) is 55.1 Å². The lowest BCUT2D eigenvalue weighted by molar-refractivity contribution is -0.124. The number of nitrogens with two attached hydrogens (primary N) is 1. The molecule has 0 heterocycles. The Morgan fingerprint density at radius 2 is 1.79 bits per heavy atom. The normalized spacial score (nSPS) is 12.5. The van der Waals surface area contributed by atoms with Gasteiger partial charge >= 0.3 is 0 Å². The molecule has 1 amide bonds. The zero-order chi connectivity index (χ0) is 10.8. The molecule has 0 bridgehead atoms. The van der Waals surface area contributed by atoms with Gasteiger partial charge in [-0.25, -0.2) is 5.84 Å². The Balaban J connectivity index is 3.23. The number of hydrogen-bond donors (Lipinski definition) is 2. The van der Waals surface area contributed by atoms with Crippen LogP contribution in [0.1, 0.15) is 58.8 Å². The third-order valence-electron chi connectivity index (χ3n) is 2.58. The van der Waals surface area contributed by atoms with E-state index in [0.717, 1.165) is 12.8 Å². The van der Waals surface area contributed by atoms with Gasteiger partial charge in [-0.15, -0.1) is 0 Å². The van der Waals surface area contributed by atoms with Gasteiger partial charge in [0.1, 0.15) is 0 Å². The van der Waals surface area contributed by atoms with Gasteiger partial charge in [-0.2, -0.15) is 0 Å². The van der Waals surface area contributed by atoms with Crippen LogP contribution in [-0.2, 0) is 4.79 Å². The van der Waals surface area contributed by atoms with E-state index in [-0.39, 0.29) is 11.8 Å². The molecular weight excluding hydrogens is 176 g/mol. The average molecular weight is 200 g/mol. The van der Waals surface area contributed by atoms with Crippen molar-refractivity contribution < 1.29 is 4.79 Å². The molecule has 0 aliphatic heterocycles. The van der Waals surface area contributed by atoms with Gasteiger partial charge in [0.25, 0.3) is 0 Å². The van der Waals surface area contributed by atoms with Crippen LogP contribution in [0.3, 0.4) is 0 Å². The fourth-order valence-corrected chi connectivity index (χ4v) is 1.50. The van der Waals surface area contributed by atoms with Crippen molar-refractivity contribution in [3.63, 3.8) is 0 Å². The minimum absolute atomic E-state index is 0.0430. The van der Waals surface area contributed by atoms with Gasteiger partial charge in [-0.1, -0.05) is 52.4 Å². The molecular formula is C11H24N2O. The van der Waals surface area contributed by atoms with E-state index in [9.17, 15) is 4.79 Å². The highest BCUT2D eigenvalue weighted by Crippen LogP contribution is 2.11. The molecule has 3 heteroatoms. The van der Waals surface area contributed by atoms with Crippen LogP contribution in [0.15, 0.2) is 0 Å². The Hall–Kier alpha value is -0.570. The van der Waals surface area contributed by atoms with Crippen molar-refractivity contribution in [2.45, 2.75) is 58.8 Å². The third-order valence-corrected chi connectivity index (χ3v) is 2.58. The SMILES string of the molecule is CCCCCCCCC(C)C(=O)NN. The van der Waals surface area contributed by atoms with Crippen molar-refractivity contribution >= 4 is 5.91 Å². The maximum Gasteiger partial charge on any atom is 0.236 e. The van der Waals surface area contributed by atoms with Crippen LogP contribution in [0.25, 0.3) is 0 Å². The van der Waals surface area contributed by atoms with E-state index in [1.807, 2.05) is 6.92 Å². The molecule has 0 saturated heterocycles. The Bertz CT molecular complexity index is 148. The van der Waals surface area contributed by atoms with Crippen LogP contribution in [0, 0.1) is 5.92 Å². The number of hydrogen-bond acceptors (Lipinski definition) is 2. The number of carbonyl (C=O) groups is 1. The molecule has 1 atom stereocenters. The molecule has 0 radical (unpaired) electrons. The lowest BCUT2D eigenvalue weighted by atomic mass is 10.0. The van der Waals surface area contributed by atoms with E-state index < -0.39 is 0 Å². The molecule has 84 valence electrons. The van der Waals surface area contributed by atoms with Crippen LogP contribution >= 0.6 is 0 Å². The summed E-state index contributed by atoms with van der Waals surface area (Å²) in [6.45, 7) is 4.14. The second-order valence-electron chi connectivity index (χ2n) is 3.97. The Morgan fingerprint density at radius 3 is 2.36 bits per heavy atom. The van der Waals surface area contributed by atoms with E-state index >= 15 is 0 Å². The largest absolute Gasteiger partial charge is 0.294 e. The van der Waals surface area contributed by atoms with Crippen molar-refractivity contribution in [3.05, 3.63) is 0 Å². The summed E-state index contributed by atoms with van der Waals surface area (Å²) in [5.41, 5.74) is 2.19. The molecule has 0 fully saturated rings. The molecule has 14 heavy (non-hydrogen) atoms. The van der Waals surface area contributed by atoms with Crippen molar-refractivity contribution in [2.24, 2.45) is 11.8 Å². The number of nitrogens with one attached hydrogen (secondary N) is 1. The standard InChI is InChI=1S/C11H24N2O/c1-3-4-5-6-7-8-9-10(2)11(14)13-12/h10H,3-9,12H2,1-2H3,(H,13,14). The van der Waals surface area contributed by atoms with E-state index in [1.165, 1.54) is 32.1 Å².